The van der Waals surface area contributed by atoms with Crippen LogP contribution in [0.25, 0.3) is 88.7 Å². The van der Waals surface area contributed by atoms with Crippen LogP contribution < -0.4 is 0 Å². The second-order valence-electron chi connectivity index (χ2n) is 12.1. The first-order chi connectivity index (χ1) is 23.8. The standard InChI is InChI=1S/C43H27N5/c1-3-13-28(14-4-1)40-34-18-7-9-21-36(34)45-43(46-40)48-37-22-10-8-17-32(37)33-20-11-19-31(42(33)48)29-24-25-38-35(27-29)41-39(23-12-26-44-41)47(38)30-15-5-2-6-16-30/h1-27H. The largest absolute Gasteiger partial charge is 0.308 e. The van der Waals surface area contributed by atoms with Crippen LogP contribution in [0.3, 0.4) is 0 Å². The van der Waals surface area contributed by atoms with Gasteiger partial charge in [0, 0.05) is 44.6 Å². The molecular weight excluding hydrogens is 587 g/mol. The van der Waals surface area contributed by atoms with Crippen molar-refractivity contribution in [2.24, 2.45) is 0 Å². The number of aromatic nitrogens is 5. The van der Waals surface area contributed by atoms with E-state index in [1.165, 1.54) is 0 Å². The van der Waals surface area contributed by atoms with Gasteiger partial charge >= 0.3 is 0 Å². The van der Waals surface area contributed by atoms with Crippen LogP contribution >= 0.6 is 0 Å². The van der Waals surface area contributed by atoms with Crippen molar-refractivity contribution in [1.82, 2.24) is 24.1 Å². The fourth-order valence-electron chi connectivity index (χ4n) is 7.30. The maximum absolute atomic E-state index is 5.31. The second-order valence-corrected chi connectivity index (χ2v) is 12.1. The Bertz CT molecular complexity index is 2830. The Morgan fingerprint density at radius 1 is 0.438 bits per heavy atom. The molecule has 0 aliphatic carbocycles. The Kier molecular flexibility index (Phi) is 5.81. The fourth-order valence-corrected chi connectivity index (χ4v) is 7.30. The minimum Gasteiger partial charge on any atom is -0.308 e. The van der Waals surface area contributed by atoms with Gasteiger partial charge in [-0.05, 0) is 54.1 Å². The molecule has 0 unspecified atom stereocenters. The second kappa shape index (κ2) is 10.5. The number of hydrogen-bond acceptors (Lipinski definition) is 3. The van der Waals surface area contributed by atoms with Crippen LogP contribution in [0.5, 0.6) is 0 Å². The molecule has 0 atom stereocenters. The zero-order valence-electron chi connectivity index (χ0n) is 25.8. The van der Waals surface area contributed by atoms with Crippen molar-refractivity contribution >= 4 is 54.6 Å². The molecule has 0 N–H and O–H groups in total. The summed E-state index contributed by atoms with van der Waals surface area (Å²) in [5, 5.41) is 4.46. The predicted octanol–water partition coefficient (Wildman–Crippen LogP) is 10.6. The van der Waals surface area contributed by atoms with Crippen LogP contribution in [0.4, 0.5) is 0 Å². The highest BCUT2D eigenvalue weighted by Crippen LogP contribution is 2.40. The minimum absolute atomic E-state index is 0.648. The average Bonchev–Trinajstić information content (AvgIpc) is 3.68. The molecule has 48 heavy (non-hydrogen) atoms. The van der Waals surface area contributed by atoms with Crippen molar-refractivity contribution in [1.29, 1.82) is 0 Å². The first kappa shape index (κ1) is 26.6. The number of para-hydroxylation sites is 4. The molecule has 0 fully saturated rings. The molecule has 4 aromatic heterocycles. The van der Waals surface area contributed by atoms with Crippen LogP contribution in [-0.2, 0) is 0 Å². The highest BCUT2D eigenvalue weighted by molar-refractivity contribution is 6.15. The summed E-state index contributed by atoms with van der Waals surface area (Å²) in [6.07, 6.45) is 1.88. The molecule has 6 aromatic carbocycles. The monoisotopic (exact) mass is 613 g/mol. The van der Waals surface area contributed by atoms with E-state index >= 15 is 0 Å². The third kappa shape index (κ3) is 3.94. The lowest BCUT2D eigenvalue weighted by Gasteiger charge is -2.14. The Morgan fingerprint density at radius 2 is 1.15 bits per heavy atom. The number of fused-ring (bicyclic) bond motifs is 7. The molecule has 0 bridgehead atoms. The highest BCUT2D eigenvalue weighted by Gasteiger charge is 2.21. The van der Waals surface area contributed by atoms with Gasteiger partial charge in [-0.3, -0.25) is 9.55 Å². The molecule has 4 heterocycles. The van der Waals surface area contributed by atoms with Crippen LogP contribution in [-0.4, -0.2) is 24.1 Å². The van der Waals surface area contributed by atoms with Crippen molar-refractivity contribution < 1.29 is 0 Å². The first-order valence-corrected chi connectivity index (χ1v) is 16.1. The molecule has 10 rings (SSSR count). The fraction of sp³-hybridized carbons (Fsp3) is 0. The van der Waals surface area contributed by atoms with E-state index in [1.807, 2.05) is 24.4 Å². The number of benzene rings is 6. The molecule has 5 nitrogen and oxygen atoms in total. The van der Waals surface area contributed by atoms with Gasteiger partial charge < -0.3 is 4.57 Å². The maximum Gasteiger partial charge on any atom is 0.235 e. The Balaban J connectivity index is 1.28. The lowest BCUT2D eigenvalue weighted by molar-refractivity contribution is 1.01. The zero-order valence-corrected chi connectivity index (χ0v) is 25.8. The summed E-state index contributed by atoms with van der Waals surface area (Å²) < 4.78 is 4.54. The summed E-state index contributed by atoms with van der Waals surface area (Å²) in [4.78, 5) is 15.4. The van der Waals surface area contributed by atoms with Gasteiger partial charge in [-0.2, -0.15) is 0 Å². The summed E-state index contributed by atoms with van der Waals surface area (Å²) >= 11 is 0. The Labute approximate surface area is 276 Å². The van der Waals surface area contributed by atoms with E-state index in [9.17, 15) is 0 Å². The summed E-state index contributed by atoms with van der Waals surface area (Å²) in [7, 11) is 0. The number of nitrogens with zero attached hydrogens (tertiary/aromatic N) is 5. The molecular formula is C43H27N5. The number of rotatable bonds is 4. The summed E-state index contributed by atoms with van der Waals surface area (Å²) in [5.74, 6) is 0.648. The van der Waals surface area contributed by atoms with Gasteiger partial charge in [0.2, 0.25) is 5.95 Å². The lowest BCUT2D eigenvalue weighted by atomic mass is 10.0. The molecule has 0 radical (unpaired) electrons. The third-order valence-corrected chi connectivity index (χ3v) is 9.38. The van der Waals surface area contributed by atoms with Gasteiger partial charge in [-0.25, -0.2) is 9.97 Å². The van der Waals surface area contributed by atoms with Crippen molar-refractivity contribution in [3.05, 3.63) is 164 Å². The Hall–Kier alpha value is -6.59. The van der Waals surface area contributed by atoms with Gasteiger partial charge in [-0.15, -0.1) is 0 Å². The van der Waals surface area contributed by atoms with E-state index in [4.69, 9.17) is 15.0 Å². The lowest BCUT2D eigenvalue weighted by Crippen LogP contribution is -2.04. The third-order valence-electron chi connectivity index (χ3n) is 9.38. The van der Waals surface area contributed by atoms with Crippen molar-refractivity contribution in [3.63, 3.8) is 0 Å². The molecule has 224 valence electrons. The first-order valence-electron chi connectivity index (χ1n) is 16.1. The topological polar surface area (TPSA) is 48.5 Å². The molecule has 0 saturated carbocycles. The quantitative estimate of drug-likeness (QED) is 0.198. The van der Waals surface area contributed by atoms with Gasteiger partial charge in [0.1, 0.15) is 0 Å². The average molecular weight is 614 g/mol. The molecule has 0 aliphatic rings. The summed E-state index contributed by atoms with van der Waals surface area (Å²) in [5.41, 5.74) is 11.6. The smallest absolute Gasteiger partial charge is 0.235 e. The Morgan fingerprint density at radius 3 is 2.02 bits per heavy atom. The molecule has 0 spiro atoms. The van der Waals surface area contributed by atoms with Crippen LogP contribution in [0, 0.1) is 0 Å². The van der Waals surface area contributed by atoms with Crippen LogP contribution in [0.15, 0.2) is 164 Å². The van der Waals surface area contributed by atoms with Crippen LogP contribution in [0.1, 0.15) is 0 Å². The molecule has 0 aliphatic heterocycles. The van der Waals surface area contributed by atoms with Gasteiger partial charge in [0.25, 0.3) is 0 Å². The highest BCUT2D eigenvalue weighted by atomic mass is 15.2. The molecule has 5 heteroatoms. The van der Waals surface area contributed by atoms with E-state index in [2.05, 4.69) is 149 Å². The van der Waals surface area contributed by atoms with Crippen molar-refractivity contribution in [3.8, 4) is 34.0 Å². The van der Waals surface area contributed by atoms with E-state index < -0.39 is 0 Å². The van der Waals surface area contributed by atoms with E-state index in [0.29, 0.717) is 5.95 Å². The van der Waals surface area contributed by atoms with Gasteiger partial charge in [0.05, 0.1) is 38.8 Å². The van der Waals surface area contributed by atoms with Crippen molar-refractivity contribution in [2.45, 2.75) is 0 Å². The molecule has 0 amide bonds. The number of hydrogen-bond donors (Lipinski definition) is 0. The normalized spacial score (nSPS) is 11.8. The molecule has 10 aromatic rings. The van der Waals surface area contributed by atoms with Gasteiger partial charge in [0.15, 0.2) is 0 Å². The van der Waals surface area contributed by atoms with Crippen LogP contribution in [0.2, 0.25) is 0 Å². The van der Waals surface area contributed by atoms with E-state index in [1.54, 1.807) is 0 Å². The number of pyridine rings is 1. The van der Waals surface area contributed by atoms with Crippen molar-refractivity contribution in [2.75, 3.05) is 0 Å². The summed E-state index contributed by atoms with van der Waals surface area (Å²) in [6, 6.07) is 55.2. The van der Waals surface area contributed by atoms with E-state index in [0.717, 1.165) is 82.7 Å². The SMILES string of the molecule is c1ccc(-c2nc(-n3c4ccccc4c4cccc(-c5ccc6c(c5)c5ncccc5n6-c5ccccc5)c43)nc3ccccc23)cc1. The zero-order chi connectivity index (χ0) is 31.6. The molecule has 0 saturated heterocycles. The maximum atomic E-state index is 5.31. The minimum atomic E-state index is 0.648. The summed E-state index contributed by atoms with van der Waals surface area (Å²) in [6.45, 7) is 0. The van der Waals surface area contributed by atoms with Gasteiger partial charge in [-0.1, -0.05) is 109 Å². The predicted molar refractivity (Wildman–Crippen MR) is 197 cm³/mol. The van der Waals surface area contributed by atoms with E-state index in [-0.39, 0.29) is 0 Å².